The molecule has 11 nitrogen and oxygen atoms in total. The lowest BCUT2D eigenvalue weighted by atomic mass is 9.59. The molecule has 1 saturated heterocycles. The number of carboxylic acid groups (broad SMARTS) is 1. The van der Waals surface area contributed by atoms with Gasteiger partial charge in [-0.2, -0.15) is 18.4 Å². The van der Waals surface area contributed by atoms with Crippen LogP contribution in [0.5, 0.6) is 0 Å². The van der Waals surface area contributed by atoms with E-state index in [1.165, 1.54) is 41.3 Å². The van der Waals surface area contributed by atoms with Gasteiger partial charge in [0.15, 0.2) is 5.65 Å². The van der Waals surface area contributed by atoms with Crippen molar-refractivity contribution in [2.24, 2.45) is 5.41 Å². The van der Waals surface area contributed by atoms with Gasteiger partial charge in [-0.15, -0.1) is 0 Å². The molecule has 2 N–H and O–H groups in total. The predicted molar refractivity (Wildman–Crippen MR) is 138 cm³/mol. The Balaban J connectivity index is 1.48. The number of hydrogen-bond donors (Lipinski definition) is 2. The molecule has 1 aliphatic heterocycles. The summed E-state index contributed by atoms with van der Waals surface area (Å²) in [5, 5.41) is 21.6. The minimum Gasteiger partial charge on any atom is -0.465 e. The second-order valence-corrected chi connectivity index (χ2v) is 11.8. The minimum atomic E-state index is -4.88. The van der Waals surface area contributed by atoms with Crippen molar-refractivity contribution in [2.75, 3.05) is 18.4 Å². The maximum Gasteiger partial charge on any atom is 0.419 e. The van der Waals surface area contributed by atoms with Crippen LogP contribution in [0.2, 0.25) is 0 Å². The van der Waals surface area contributed by atoms with Crippen LogP contribution in [0.4, 0.5) is 23.9 Å². The molecule has 1 saturated carbocycles. The van der Waals surface area contributed by atoms with E-state index in [0.29, 0.717) is 25.7 Å². The lowest BCUT2D eigenvalue weighted by Gasteiger charge is -2.59. The lowest BCUT2D eigenvalue weighted by molar-refractivity contribution is -0.137. The van der Waals surface area contributed by atoms with E-state index in [2.05, 4.69) is 20.3 Å². The number of nitrogens with one attached hydrogen (secondary N) is 1. The van der Waals surface area contributed by atoms with Gasteiger partial charge in [-0.1, -0.05) is 18.2 Å². The molecule has 1 aromatic carbocycles. The van der Waals surface area contributed by atoms with Gasteiger partial charge in [-0.25, -0.2) is 32.1 Å². The molecule has 41 heavy (non-hydrogen) atoms. The fourth-order valence-electron chi connectivity index (χ4n) is 5.38. The molecular formula is C26H20F3N7O4S. The molecule has 2 aliphatic rings. The number of hydrogen-bond acceptors (Lipinski definition) is 8. The monoisotopic (exact) mass is 583 g/mol. The van der Waals surface area contributed by atoms with Gasteiger partial charge >= 0.3 is 12.3 Å². The number of anilines is 1. The van der Waals surface area contributed by atoms with Gasteiger partial charge in [0.05, 0.1) is 10.6 Å². The zero-order valence-electron chi connectivity index (χ0n) is 21.0. The molecule has 3 aromatic heterocycles. The van der Waals surface area contributed by atoms with E-state index >= 15 is 0 Å². The van der Waals surface area contributed by atoms with Crippen molar-refractivity contribution in [3.05, 3.63) is 66.1 Å². The second-order valence-electron chi connectivity index (χ2n) is 10.0. The van der Waals surface area contributed by atoms with Crippen LogP contribution in [0.25, 0.3) is 22.3 Å². The number of aromatic nitrogens is 4. The number of nitriles is 1. The van der Waals surface area contributed by atoms with E-state index < -0.39 is 33.6 Å². The summed E-state index contributed by atoms with van der Waals surface area (Å²) in [6.07, 6.45) is -2.86. The first-order valence-corrected chi connectivity index (χ1v) is 13.8. The molecule has 0 unspecified atom stereocenters. The third kappa shape index (κ3) is 4.31. The largest absolute Gasteiger partial charge is 0.465 e. The number of benzene rings is 1. The number of alkyl halides is 3. The number of carbonyl (C=O) groups is 1. The Hall–Kier alpha value is -4.71. The van der Waals surface area contributed by atoms with Crippen molar-refractivity contribution in [1.29, 1.82) is 5.26 Å². The summed E-state index contributed by atoms with van der Waals surface area (Å²) in [5.41, 5.74) is -2.63. The first-order valence-electron chi connectivity index (χ1n) is 12.3. The molecule has 1 atom stereocenters. The number of nitrogens with zero attached hydrogens (tertiary/aromatic N) is 6. The average molecular weight is 584 g/mol. The van der Waals surface area contributed by atoms with Crippen LogP contribution < -0.4 is 5.32 Å². The van der Waals surface area contributed by atoms with Crippen LogP contribution in [0.15, 0.2) is 59.8 Å². The molecule has 1 amide bonds. The summed E-state index contributed by atoms with van der Waals surface area (Å²) >= 11 is 0. The SMILES string of the molecule is N#Cc1ccc2c(-c3nc(N[C@@H]4CCC45CN(C(=O)O)C5)ncc3C(F)(F)F)cn(S(=O)(=O)c3ccccc3)c2n1. The quantitative estimate of drug-likeness (QED) is 0.352. The van der Waals surface area contributed by atoms with Crippen LogP contribution in [-0.4, -0.2) is 62.6 Å². The van der Waals surface area contributed by atoms with Crippen molar-refractivity contribution in [3.63, 3.8) is 0 Å². The number of amides is 1. The first kappa shape index (κ1) is 26.5. The van der Waals surface area contributed by atoms with Crippen molar-refractivity contribution >= 4 is 33.1 Å². The highest BCUT2D eigenvalue weighted by molar-refractivity contribution is 7.90. The summed E-state index contributed by atoms with van der Waals surface area (Å²) in [6.45, 7) is 0.594. The third-order valence-corrected chi connectivity index (χ3v) is 9.30. The highest BCUT2D eigenvalue weighted by Gasteiger charge is 2.56. The van der Waals surface area contributed by atoms with Crippen LogP contribution in [0, 0.1) is 16.7 Å². The van der Waals surface area contributed by atoms with Crippen molar-refractivity contribution in [3.8, 4) is 17.3 Å². The Morgan fingerprint density at radius 3 is 2.49 bits per heavy atom. The highest BCUT2D eigenvalue weighted by atomic mass is 32.2. The van der Waals surface area contributed by atoms with Gasteiger partial charge in [-0.3, -0.25) is 0 Å². The van der Waals surface area contributed by atoms with Crippen molar-refractivity contribution < 1.29 is 31.5 Å². The molecule has 2 fully saturated rings. The second kappa shape index (κ2) is 9.16. The van der Waals surface area contributed by atoms with Crippen LogP contribution in [-0.2, 0) is 16.2 Å². The van der Waals surface area contributed by atoms with E-state index in [0.717, 1.165) is 16.6 Å². The third-order valence-electron chi connectivity index (χ3n) is 7.64. The Kier molecular flexibility index (Phi) is 5.93. The van der Waals surface area contributed by atoms with Gasteiger partial charge < -0.3 is 15.3 Å². The Morgan fingerprint density at radius 1 is 1.15 bits per heavy atom. The van der Waals surface area contributed by atoms with Crippen LogP contribution >= 0.6 is 0 Å². The van der Waals surface area contributed by atoms with Gasteiger partial charge in [0.1, 0.15) is 17.3 Å². The highest BCUT2D eigenvalue weighted by Crippen LogP contribution is 2.49. The number of halogens is 3. The zero-order chi connectivity index (χ0) is 29.2. The normalized spacial score (nSPS) is 18.0. The van der Waals surface area contributed by atoms with Crippen molar-refractivity contribution in [1.82, 2.24) is 23.8 Å². The van der Waals surface area contributed by atoms with Gasteiger partial charge in [0.2, 0.25) is 5.95 Å². The molecule has 4 heterocycles. The topological polar surface area (TPSA) is 154 Å². The summed E-state index contributed by atoms with van der Waals surface area (Å²) in [5.74, 6) is -0.112. The molecule has 0 bridgehead atoms. The Morgan fingerprint density at radius 2 is 1.88 bits per heavy atom. The first-order chi connectivity index (χ1) is 19.4. The van der Waals surface area contributed by atoms with Gasteiger partial charge in [0.25, 0.3) is 10.0 Å². The number of rotatable bonds is 5. The molecule has 15 heteroatoms. The summed E-state index contributed by atoms with van der Waals surface area (Å²) < 4.78 is 70.4. The van der Waals surface area contributed by atoms with E-state index in [1.807, 2.05) is 6.07 Å². The summed E-state index contributed by atoms with van der Waals surface area (Å²) in [4.78, 5) is 24.5. The Bertz CT molecular complexity index is 1850. The number of fused-ring (bicyclic) bond motifs is 1. The van der Waals surface area contributed by atoms with E-state index in [9.17, 15) is 36.8 Å². The molecular weight excluding hydrogens is 563 g/mol. The van der Waals surface area contributed by atoms with Crippen LogP contribution in [0.3, 0.4) is 0 Å². The van der Waals surface area contributed by atoms with E-state index in [1.54, 1.807) is 6.07 Å². The average Bonchev–Trinajstić information content (AvgIpc) is 3.29. The lowest BCUT2D eigenvalue weighted by Crippen LogP contribution is -2.69. The van der Waals surface area contributed by atoms with Crippen LogP contribution in [0.1, 0.15) is 24.1 Å². The van der Waals surface area contributed by atoms with Gasteiger partial charge in [0, 0.05) is 47.9 Å². The maximum atomic E-state index is 14.2. The molecule has 210 valence electrons. The molecule has 1 spiro atoms. The summed E-state index contributed by atoms with van der Waals surface area (Å²) in [7, 11) is -4.32. The molecule has 0 radical (unpaired) electrons. The molecule has 4 aromatic rings. The maximum absolute atomic E-state index is 14.2. The fourth-order valence-corrected chi connectivity index (χ4v) is 6.72. The molecule has 6 rings (SSSR count). The van der Waals surface area contributed by atoms with E-state index in [4.69, 9.17) is 0 Å². The smallest absolute Gasteiger partial charge is 0.419 e. The molecule has 1 aliphatic carbocycles. The number of pyridine rings is 1. The van der Waals surface area contributed by atoms with Crippen molar-refractivity contribution in [2.45, 2.75) is 30.0 Å². The minimum absolute atomic E-state index is 0.0369. The fraction of sp³-hybridized carbons (Fsp3) is 0.269. The predicted octanol–water partition coefficient (Wildman–Crippen LogP) is 4.18. The van der Waals surface area contributed by atoms with Gasteiger partial charge in [-0.05, 0) is 37.1 Å². The number of likely N-dealkylation sites (tertiary alicyclic amines) is 1. The zero-order valence-corrected chi connectivity index (χ0v) is 21.8. The Labute approximate surface area is 230 Å². The van der Waals surface area contributed by atoms with E-state index in [-0.39, 0.29) is 44.6 Å². The standard InChI is InChI=1S/C26H20F3N7O4S/c27-26(28,29)19-11-31-23(33-20-8-9-25(20)13-35(14-25)24(37)38)34-21(19)18-12-36(22-17(18)7-6-15(10-30)32-22)41(39,40)16-4-2-1-3-5-16/h1-7,11-12,20H,8-9,13-14H2,(H,37,38)(H,31,33,34)/t20-/m1/s1. The summed E-state index contributed by atoms with van der Waals surface area (Å²) in [6, 6.07) is 11.5.